The minimum Gasteiger partial charge on any atom is -0.480 e. The van der Waals surface area contributed by atoms with Gasteiger partial charge in [0.05, 0.1) is 25.7 Å². The van der Waals surface area contributed by atoms with Crippen LogP contribution in [-0.4, -0.2) is 189 Å². The Kier molecular flexibility index (Phi) is 24.9. The summed E-state index contributed by atoms with van der Waals surface area (Å²) in [5, 5.41) is 25.6. The van der Waals surface area contributed by atoms with Crippen LogP contribution in [0, 0.1) is 0 Å². The summed E-state index contributed by atoms with van der Waals surface area (Å²) in [6.45, 7) is 0.335. The van der Waals surface area contributed by atoms with Crippen LogP contribution in [0.4, 0.5) is 0 Å². The lowest BCUT2D eigenvalue weighted by atomic mass is 10.1. The molecule has 2 aliphatic rings. The number of nitrogens with two attached hydrogens (primary N) is 5. The van der Waals surface area contributed by atoms with Gasteiger partial charge in [-0.25, -0.2) is 9.36 Å². The molecule has 0 spiro atoms. The molecule has 2 aliphatic heterocycles. The number of guanidine groups is 1. The van der Waals surface area contributed by atoms with Gasteiger partial charge in [-0.05, 0) is 65.2 Å². The standard InChI is InChI=1S/C39H66N15O17P/c1-19(49-34(62)22(10-12-28(42)56)50-35(63)24(18-71-72(68,69)70)52-32(60)20(2)48-33(61)21(40)9-11-27(41)55)31(59)46-16-29(57)53-14-4-7-25(53)36(64)47-17-30(58)54-15-5-8-26(54)37(65)51-23(38(66)67)6-3-13-45-39(43)44/h19-26H,3-18,40H2,1-2H3,(H2,41,55)(H2,42,56)(H,46,59)(H,47,64)(H,48,61)(H,49,62)(H,50,63)(H,51,65)(H,52,60)(H,66,67)(H4,43,44,45)(H2,68,69,70)/t19-,20-,21-,22-,23-,24-,25-,26-/m0/s1. The number of aliphatic imine (C=N–C) groups is 1. The normalized spacial score (nSPS) is 17.8. The van der Waals surface area contributed by atoms with Crippen LogP contribution < -0.4 is 65.9 Å². The van der Waals surface area contributed by atoms with Gasteiger partial charge in [-0.15, -0.1) is 0 Å². The Labute approximate surface area is 412 Å². The van der Waals surface area contributed by atoms with E-state index in [1.807, 2.05) is 0 Å². The molecule has 2 heterocycles. The molecular weight excluding hydrogens is 981 g/mol. The number of hydrogen-bond donors (Lipinski definition) is 15. The molecule has 2 fully saturated rings. The minimum atomic E-state index is -5.27. The van der Waals surface area contributed by atoms with Crippen molar-refractivity contribution in [1.82, 2.24) is 47.0 Å². The van der Waals surface area contributed by atoms with Crippen LogP contribution >= 0.6 is 7.82 Å². The highest BCUT2D eigenvalue weighted by Crippen LogP contribution is 2.35. The number of primary amides is 2. The van der Waals surface area contributed by atoms with Crippen LogP contribution in [0.1, 0.15) is 78.1 Å². The van der Waals surface area contributed by atoms with Gasteiger partial charge < -0.3 is 90.6 Å². The first-order valence-corrected chi connectivity index (χ1v) is 24.1. The van der Waals surface area contributed by atoms with E-state index in [2.05, 4.69) is 46.7 Å². The third-order valence-electron chi connectivity index (χ3n) is 11.0. The summed E-state index contributed by atoms with van der Waals surface area (Å²) in [6.07, 6.45) is 0.0620. The fourth-order valence-corrected chi connectivity index (χ4v) is 7.52. The molecule has 0 aromatic carbocycles. The second kappa shape index (κ2) is 29.4. The van der Waals surface area contributed by atoms with E-state index in [4.69, 9.17) is 28.7 Å². The molecule has 404 valence electrons. The Balaban J connectivity index is 2.02. The van der Waals surface area contributed by atoms with Gasteiger partial charge in [0.25, 0.3) is 0 Å². The van der Waals surface area contributed by atoms with Crippen molar-refractivity contribution in [3.63, 3.8) is 0 Å². The SMILES string of the molecule is C[C@H](NC(=O)[C@H](CCC(N)=O)NC(=O)[C@H](COP(=O)(O)O)NC(=O)[C@H](C)NC(=O)[C@@H](N)CCC(N)=O)C(=O)NCC(=O)N1CCC[C@H]1C(=O)NCC(=O)N1CCC[C@H]1C(=O)N[C@@H](CCCN=C(N)N)C(=O)O. The zero-order valence-electron chi connectivity index (χ0n) is 39.7. The number of amides is 11. The van der Waals surface area contributed by atoms with E-state index < -0.39 is 160 Å². The molecule has 32 nitrogen and oxygen atoms in total. The summed E-state index contributed by atoms with van der Waals surface area (Å²) >= 11 is 0. The first kappa shape index (κ1) is 61.1. The van der Waals surface area contributed by atoms with Gasteiger partial charge in [-0.1, -0.05) is 0 Å². The van der Waals surface area contributed by atoms with Crippen LogP contribution in [0.25, 0.3) is 0 Å². The average molecular weight is 1050 g/mol. The summed E-state index contributed by atoms with van der Waals surface area (Å²) in [5.74, 6) is -11.2. The highest BCUT2D eigenvalue weighted by atomic mass is 31.2. The van der Waals surface area contributed by atoms with Crippen LogP contribution in [-0.2, 0) is 66.6 Å². The number of carbonyl (C=O) groups is 12. The molecular formula is C39H66N15O17P. The average Bonchev–Trinajstić information content (AvgIpc) is 4.01. The predicted molar refractivity (Wildman–Crippen MR) is 247 cm³/mol. The minimum absolute atomic E-state index is 0.0104. The summed E-state index contributed by atoms with van der Waals surface area (Å²) in [7, 11) is -5.27. The molecule has 11 amide bonds. The lowest BCUT2D eigenvalue weighted by molar-refractivity contribution is -0.144. The molecule has 8 atom stereocenters. The van der Waals surface area contributed by atoms with Gasteiger partial charge in [0, 0.05) is 32.5 Å². The van der Waals surface area contributed by atoms with Gasteiger partial charge in [0.2, 0.25) is 65.0 Å². The lowest BCUT2D eigenvalue weighted by Gasteiger charge is -2.27. The molecule has 0 saturated carbocycles. The lowest BCUT2D eigenvalue weighted by Crippen LogP contribution is -2.59. The Hall–Kier alpha value is -7.02. The van der Waals surface area contributed by atoms with E-state index in [0.29, 0.717) is 12.8 Å². The van der Waals surface area contributed by atoms with Crippen LogP contribution in [0.5, 0.6) is 0 Å². The van der Waals surface area contributed by atoms with E-state index in [0.717, 1.165) is 6.92 Å². The van der Waals surface area contributed by atoms with E-state index >= 15 is 0 Å². The van der Waals surface area contributed by atoms with E-state index in [-0.39, 0.29) is 64.1 Å². The molecule has 0 aromatic heterocycles. The molecule has 33 heteroatoms. The maximum absolute atomic E-state index is 13.4. The first-order valence-electron chi connectivity index (χ1n) is 22.6. The second-order valence-corrected chi connectivity index (χ2v) is 18.0. The molecule has 20 N–H and O–H groups in total. The number of phosphoric acid groups is 1. The predicted octanol–water partition coefficient (Wildman–Crippen LogP) is -8.23. The fourth-order valence-electron chi connectivity index (χ4n) is 7.18. The Morgan fingerprint density at radius 1 is 0.639 bits per heavy atom. The number of aliphatic carboxylic acids is 1. The van der Waals surface area contributed by atoms with Gasteiger partial charge in [-0.3, -0.25) is 62.3 Å². The Bertz CT molecular complexity index is 2100. The summed E-state index contributed by atoms with van der Waals surface area (Å²) in [4.78, 5) is 177. The first-order chi connectivity index (χ1) is 33.6. The van der Waals surface area contributed by atoms with Crippen LogP contribution in [0.15, 0.2) is 4.99 Å². The number of nitrogens with zero attached hydrogens (tertiary/aromatic N) is 3. The molecule has 72 heavy (non-hydrogen) atoms. The number of rotatable bonds is 30. The monoisotopic (exact) mass is 1050 g/mol. The van der Waals surface area contributed by atoms with Crippen molar-refractivity contribution in [3.05, 3.63) is 0 Å². The van der Waals surface area contributed by atoms with Crippen molar-refractivity contribution in [2.45, 2.75) is 126 Å². The number of likely N-dealkylation sites (tertiary alicyclic amines) is 2. The quantitative estimate of drug-likeness (QED) is 0.0137. The van der Waals surface area contributed by atoms with Crippen molar-refractivity contribution in [2.75, 3.05) is 39.3 Å². The highest BCUT2D eigenvalue weighted by molar-refractivity contribution is 7.46. The molecule has 0 radical (unpaired) electrons. The summed E-state index contributed by atoms with van der Waals surface area (Å²) in [5.41, 5.74) is 26.6. The highest BCUT2D eigenvalue weighted by Gasteiger charge is 2.38. The number of carbonyl (C=O) groups excluding carboxylic acids is 11. The zero-order chi connectivity index (χ0) is 54.5. The third kappa shape index (κ3) is 21.5. The van der Waals surface area contributed by atoms with Crippen molar-refractivity contribution < 1.29 is 81.5 Å². The number of carboxylic acids is 1. The Morgan fingerprint density at radius 2 is 1.14 bits per heavy atom. The van der Waals surface area contributed by atoms with Crippen molar-refractivity contribution >= 4 is 84.7 Å². The Morgan fingerprint density at radius 3 is 1.68 bits per heavy atom. The summed E-state index contributed by atoms with van der Waals surface area (Å²) < 4.78 is 15.9. The largest absolute Gasteiger partial charge is 0.480 e. The number of nitrogens with one attached hydrogen (secondary N) is 7. The maximum Gasteiger partial charge on any atom is 0.469 e. The zero-order valence-corrected chi connectivity index (χ0v) is 40.6. The number of hydrogen-bond acceptors (Lipinski definition) is 16. The van der Waals surface area contributed by atoms with Crippen LogP contribution in [0.2, 0.25) is 0 Å². The molecule has 2 rings (SSSR count). The molecule has 0 unspecified atom stereocenters. The van der Waals surface area contributed by atoms with Gasteiger partial charge in [0.1, 0.15) is 42.3 Å². The molecule has 0 bridgehead atoms. The summed E-state index contributed by atoms with van der Waals surface area (Å²) in [6, 6.07) is -11.1. The van der Waals surface area contributed by atoms with E-state index in [9.17, 15) is 77.0 Å². The van der Waals surface area contributed by atoms with Gasteiger partial charge in [0.15, 0.2) is 5.96 Å². The van der Waals surface area contributed by atoms with Crippen molar-refractivity contribution in [2.24, 2.45) is 33.7 Å². The van der Waals surface area contributed by atoms with Gasteiger partial charge >= 0.3 is 13.8 Å². The van der Waals surface area contributed by atoms with Crippen LogP contribution in [0.3, 0.4) is 0 Å². The van der Waals surface area contributed by atoms with Crippen molar-refractivity contribution in [1.29, 1.82) is 0 Å². The topological polar surface area (TPSA) is 525 Å². The molecule has 0 aromatic rings. The smallest absolute Gasteiger partial charge is 0.469 e. The van der Waals surface area contributed by atoms with Crippen molar-refractivity contribution in [3.8, 4) is 0 Å². The molecule has 2 saturated heterocycles. The maximum atomic E-state index is 13.4. The third-order valence-corrected chi connectivity index (χ3v) is 11.5. The molecule has 0 aliphatic carbocycles. The fraction of sp³-hybridized carbons (Fsp3) is 0.667. The number of carboxylic acid groups (broad SMARTS) is 1. The number of phosphoric ester groups is 1. The second-order valence-electron chi connectivity index (χ2n) is 16.8. The van der Waals surface area contributed by atoms with E-state index in [1.165, 1.54) is 16.7 Å². The van der Waals surface area contributed by atoms with Gasteiger partial charge in [-0.2, -0.15) is 0 Å². The van der Waals surface area contributed by atoms with E-state index in [1.54, 1.807) is 0 Å².